The summed E-state index contributed by atoms with van der Waals surface area (Å²) in [5, 5.41) is 4.13. The van der Waals surface area contributed by atoms with Crippen LogP contribution in [0, 0.1) is 0 Å². The Balaban J connectivity index is 2.07. The predicted octanol–water partition coefficient (Wildman–Crippen LogP) is 5.60. The van der Waals surface area contributed by atoms with Gasteiger partial charge in [0, 0.05) is 28.9 Å². The van der Waals surface area contributed by atoms with E-state index in [1.54, 1.807) is 23.1 Å². The molecule has 4 nitrogen and oxygen atoms in total. The number of rotatable bonds is 12. The standard InChI is InChI=1S/C24H30Cl2N2O2S/c1-3-14-27-24(30)22(4-2)28(15-13-18-9-6-5-7-10-18)23(29)17-31-16-19-20(25)11-8-12-21(19)26/h5-12,22H,3-4,13-17H2,1-2H3,(H,27,30). The summed E-state index contributed by atoms with van der Waals surface area (Å²) in [5.41, 5.74) is 1.96. The lowest BCUT2D eigenvalue weighted by Gasteiger charge is -2.30. The highest BCUT2D eigenvalue weighted by molar-refractivity contribution is 7.99. The van der Waals surface area contributed by atoms with Gasteiger partial charge < -0.3 is 10.2 Å². The molecule has 2 aromatic carbocycles. The minimum absolute atomic E-state index is 0.0531. The minimum Gasteiger partial charge on any atom is -0.354 e. The fourth-order valence-electron chi connectivity index (χ4n) is 3.26. The Morgan fingerprint density at radius 1 is 1.03 bits per heavy atom. The lowest BCUT2D eigenvalue weighted by atomic mass is 10.1. The number of benzene rings is 2. The van der Waals surface area contributed by atoms with Crippen LogP contribution in [0.25, 0.3) is 0 Å². The molecule has 31 heavy (non-hydrogen) atoms. The Kier molecular flexibility index (Phi) is 11.3. The first kappa shape index (κ1) is 25.6. The summed E-state index contributed by atoms with van der Waals surface area (Å²) >= 11 is 13.9. The van der Waals surface area contributed by atoms with E-state index in [0.717, 1.165) is 17.5 Å². The summed E-state index contributed by atoms with van der Waals surface area (Å²) in [6.45, 7) is 5.05. The van der Waals surface area contributed by atoms with E-state index in [4.69, 9.17) is 23.2 Å². The van der Waals surface area contributed by atoms with E-state index < -0.39 is 6.04 Å². The van der Waals surface area contributed by atoms with Crippen molar-refractivity contribution in [3.05, 3.63) is 69.7 Å². The first-order chi connectivity index (χ1) is 15.0. The third kappa shape index (κ3) is 8.06. The normalized spacial score (nSPS) is 11.7. The molecule has 0 bridgehead atoms. The number of nitrogens with one attached hydrogen (secondary N) is 1. The van der Waals surface area contributed by atoms with Gasteiger partial charge in [0.25, 0.3) is 0 Å². The highest BCUT2D eigenvalue weighted by atomic mass is 35.5. The SMILES string of the molecule is CCCNC(=O)C(CC)N(CCc1ccccc1)C(=O)CSCc1c(Cl)cccc1Cl. The molecular weight excluding hydrogens is 451 g/mol. The van der Waals surface area contributed by atoms with E-state index in [1.165, 1.54) is 11.8 Å². The maximum absolute atomic E-state index is 13.2. The van der Waals surface area contributed by atoms with E-state index in [9.17, 15) is 9.59 Å². The van der Waals surface area contributed by atoms with Crippen LogP contribution in [0.4, 0.5) is 0 Å². The molecule has 0 radical (unpaired) electrons. The second kappa shape index (κ2) is 13.7. The van der Waals surface area contributed by atoms with E-state index >= 15 is 0 Å². The monoisotopic (exact) mass is 480 g/mol. The van der Waals surface area contributed by atoms with Crippen LogP contribution in [-0.4, -0.2) is 41.6 Å². The van der Waals surface area contributed by atoms with Crippen molar-refractivity contribution in [2.45, 2.75) is 44.9 Å². The van der Waals surface area contributed by atoms with Gasteiger partial charge in [0.2, 0.25) is 11.8 Å². The Bertz CT molecular complexity index is 828. The maximum atomic E-state index is 13.2. The van der Waals surface area contributed by atoms with Crippen molar-refractivity contribution >= 4 is 46.8 Å². The molecule has 0 saturated heterocycles. The van der Waals surface area contributed by atoms with Crippen LogP contribution >= 0.6 is 35.0 Å². The molecule has 0 fully saturated rings. The zero-order chi connectivity index (χ0) is 22.6. The van der Waals surface area contributed by atoms with Gasteiger partial charge in [-0.3, -0.25) is 9.59 Å². The molecule has 1 N–H and O–H groups in total. The van der Waals surface area contributed by atoms with Gasteiger partial charge in [-0.1, -0.05) is 73.4 Å². The van der Waals surface area contributed by atoms with Gasteiger partial charge in [0.05, 0.1) is 5.75 Å². The Labute approximate surface area is 199 Å². The molecule has 0 saturated carbocycles. The second-order valence-electron chi connectivity index (χ2n) is 7.23. The summed E-state index contributed by atoms with van der Waals surface area (Å²) in [4.78, 5) is 27.6. The number of amides is 2. The third-order valence-electron chi connectivity index (χ3n) is 4.95. The van der Waals surface area contributed by atoms with Gasteiger partial charge >= 0.3 is 0 Å². The summed E-state index contributed by atoms with van der Waals surface area (Å²) in [6.07, 6.45) is 2.12. The van der Waals surface area contributed by atoms with Crippen molar-refractivity contribution < 1.29 is 9.59 Å². The highest BCUT2D eigenvalue weighted by Crippen LogP contribution is 2.28. The molecule has 0 aliphatic rings. The lowest BCUT2D eigenvalue weighted by Crippen LogP contribution is -2.50. The average molecular weight is 481 g/mol. The first-order valence-corrected chi connectivity index (χ1v) is 12.5. The molecule has 1 atom stereocenters. The van der Waals surface area contributed by atoms with Gasteiger partial charge in [0.15, 0.2) is 0 Å². The Morgan fingerprint density at radius 2 is 1.71 bits per heavy atom. The predicted molar refractivity (Wildman–Crippen MR) is 132 cm³/mol. The van der Waals surface area contributed by atoms with Gasteiger partial charge in [0.1, 0.15) is 6.04 Å². The van der Waals surface area contributed by atoms with Crippen LogP contribution in [-0.2, 0) is 21.8 Å². The Hall–Kier alpha value is -1.69. The molecule has 2 amide bonds. The van der Waals surface area contributed by atoms with Crippen molar-refractivity contribution in [1.29, 1.82) is 0 Å². The van der Waals surface area contributed by atoms with Crippen LogP contribution < -0.4 is 5.32 Å². The quantitative estimate of drug-likeness (QED) is 0.429. The van der Waals surface area contributed by atoms with E-state index in [2.05, 4.69) is 5.32 Å². The van der Waals surface area contributed by atoms with Gasteiger partial charge in [-0.05, 0) is 42.5 Å². The number of halogens is 2. The molecule has 0 aliphatic heterocycles. The van der Waals surface area contributed by atoms with Crippen LogP contribution in [0.1, 0.15) is 37.8 Å². The largest absolute Gasteiger partial charge is 0.354 e. The second-order valence-corrected chi connectivity index (χ2v) is 9.03. The van der Waals surface area contributed by atoms with Crippen molar-refractivity contribution in [3.63, 3.8) is 0 Å². The van der Waals surface area contributed by atoms with Crippen LogP contribution in [0.2, 0.25) is 10.0 Å². The van der Waals surface area contributed by atoms with E-state index in [0.29, 0.717) is 41.7 Å². The molecule has 0 aromatic heterocycles. The molecule has 1 unspecified atom stereocenters. The summed E-state index contributed by atoms with van der Waals surface area (Å²) in [5.74, 6) is 0.649. The molecule has 0 spiro atoms. The summed E-state index contributed by atoms with van der Waals surface area (Å²) in [7, 11) is 0. The van der Waals surface area contributed by atoms with Crippen molar-refractivity contribution in [2.75, 3.05) is 18.8 Å². The zero-order valence-electron chi connectivity index (χ0n) is 18.1. The van der Waals surface area contributed by atoms with Crippen molar-refractivity contribution in [1.82, 2.24) is 10.2 Å². The van der Waals surface area contributed by atoms with Crippen molar-refractivity contribution in [2.24, 2.45) is 0 Å². The topological polar surface area (TPSA) is 49.4 Å². The summed E-state index contributed by atoms with van der Waals surface area (Å²) < 4.78 is 0. The molecular formula is C24H30Cl2N2O2S. The fourth-order valence-corrected chi connectivity index (χ4v) is 4.90. The molecule has 168 valence electrons. The van der Waals surface area contributed by atoms with Crippen LogP contribution in [0.5, 0.6) is 0 Å². The smallest absolute Gasteiger partial charge is 0.242 e. The number of carbonyl (C=O) groups is 2. The number of thioether (sulfide) groups is 1. The van der Waals surface area contributed by atoms with E-state index in [-0.39, 0.29) is 17.6 Å². The molecule has 0 aliphatic carbocycles. The summed E-state index contributed by atoms with van der Waals surface area (Å²) in [6, 6.07) is 14.9. The third-order valence-corrected chi connectivity index (χ3v) is 6.61. The average Bonchev–Trinajstić information content (AvgIpc) is 2.77. The molecule has 7 heteroatoms. The fraction of sp³-hybridized carbons (Fsp3) is 0.417. The number of hydrogen-bond acceptors (Lipinski definition) is 3. The van der Waals surface area contributed by atoms with E-state index in [1.807, 2.05) is 44.2 Å². The maximum Gasteiger partial charge on any atom is 0.242 e. The Morgan fingerprint density at radius 3 is 2.32 bits per heavy atom. The highest BCUT2D eigenvalue weighted by Gasteiger charge is 2.28. The zero-order valence-corrected chi connectivity index (χ0v) is 20.4. The molecule has 2 aromatic rings. The lowest BCUT2D eigenvalue weighted by molar-refractivity contribution is -0.138. The minimum atomic E-state index is -0.479. The van der Waals surface area contributed by atoms with Crippen LogP contribution in [0.15, 0.2) is 48.5 Å². The first-order valence-electron chi connectivity index (χ1n) is 10.6. The van der Waals surface area contributed by atoms with Crippen LogP contribution in [0.3, 0.4) is 0 Å². The molecule has 0 heterocycles. The van der Waals surface area contributed by atoms with Gasteiger partial charge in [-0.15, -0.1) is 11.8 Å². The van der Waals surface area contributed by atoms with Crippen molar-refractivity contribution in [3.8, 4) is 0 Å². The number of carbonyl (C=O) groups excluding carboxylic acids is 2. The van der Waals surface area contributed by atoms with Gasteiger partial charge in [-0.2, -0.15) is 0 Å². The molecule has 2 rings (SSSR count). The van der Waals surface area contributed by atoms with Gasteiger partial charge in [-0.25, -0.2) is 0 Å². The number of hydrogen-bond donors (Lipinski definition) is 1. The number of nitrogens with zero attached hydrogens (tertiary/aromatic N) is 1.